The Bertz CT molecular complexity index is 1700. The van der Waals surface area contributed by atoms with Gasteiger partial charge in [-0.05, 0) is 49.2 Å². The summed E-state index contributed by atoms with van der Waals surface area (Å²) >= 11 is 6.58. The minimum absolute atomic E-state index is 0.191. The number of piperazine rings is 1. The van der Waals surface area contributed by atoms with E-state index in [1.807, 2.05) is 9.80 Å². The van der Waals surface area contributed by atoms with Crippen molar-refractivity contribution >= 4 is 44.0 Å². The summed E-state index contributed by atoms with van der Waals surface area (Å²) in [5.41, 5.74) is -0.172. The first kappa shape index (κ1) is 25.9. The maximum absolute atomic E-state index is 14.5. The number of nitrogens with zero attached hydrogens (tertiary/aromatic N) is 4. The van der Waals surface area contributed by atoms with Gasteiger partial charge in [0.15, 0.2) is 5.82 Å². The molecule has 204 valence electrons. The van der Waals surface area contributed by atoms with Crippen molar-refractivity contribution in [3.05, 3.63) is 82.9 Å². The van der Waals surface area contributed by atoms with Gasteiger partial charge in [-0.3, -0.25) is 0 Å². The molecule has 12 heteroatoms. The molecule has 0 bridgehead atoms. The number of hydrogen-bond donors (Lipinski definition) is 0. The van der Waals surface area contributed by atoms with E-state index in [0.29, 0.717) is 41.5 Å². The molecule has 4 aromatic rings. The molecular formula is C27H23ClF4N4O2S. The molecular weight excluding hydrogens is 556 g/mol. The van der Waals surface area contributed by atoms with Gasteiger partial charge in [0.05, 0.1) is 32.0 Å². The standard InChI is InChI=1S/C27H23ClF4N4O2S/c1-26(31,32)17-5-8-19(9-6-17)39(37,38)36-23-4-2-3-20(28)24(23)25(33-36)35-14-13-34(16-27(35)11-12-27)22-10-7-18(29)15-21(22)30/h2-10,15H,11-14,16H2,1H3. The number of fused-ring (bicyclic) bond motifs is 1. The number of hydrogen-bond acceptors (Lipinski definition) is 5. The van der Waals surface area contributed by atoms with Crippen molar-refractivity contribution in [2.45, 2.75) is 36.1 Å². The summed E-state index contributed by atoms with van der Waals surface area (Å²) in [4.78, 5) is 3.69. The molecule has 2 fully saturated rings. The molecule has 1 spiro atoms. The summed E-state index contributed by atoms with van der Waals surface area (Å²) < 4.78 is 83.6. The molecule has 1 aliphatic carbocycles. The Hall–Kier alpha value is -3.31. The molecule has 39 heavy (non-hydrogen) atoms. The Labute approximate surface area is 227 Å². The van der Waals surface area contributed by atoms with Crippen LogP contribution in [-0.2, 0) is 15.9 Å². The van der Waals surface area contributed by atoms with Crippen molar-refractivity contribution in [3.63, 3.8) is 0 Å². The Balaban J connectivity index is 1.40. The van der Waals surface area contributed by atoms with E-state index >= 15 is 0 Å². The zero-order chi connectivity index (χ0) is 27.7. The van der Waals surface area contributed by atoms with Gasteiger partial charge < -0.3 is 9.80 Å². The molecule has 0 unspecified atom stereocenters. The molecule has 6 nitrogen and oxygen atoms in total. The summed E-state index contributed by atoms with van der Waals surface area (Å²) in [6, 6.07) is 12.8. The predicted octanol–water partition coefficient (Wildman–Crippen LogP) is 6.18. The fourth-order valence-electron chi connectivity index (χ4n) is 5.30. The molecule has 1 saturated heterocycles. The average molecular weight is 579 g/mol. The zero-order valence-corrected chi connectivity index (χ0v) is 22.3. The average Bonchev–Trinajstić information content (AvgIpc) is 3.51. The van der Waals surface area contributed by atoms with Crippen molar-refractivity contribution in [1.82, 2.24) is 9.19 Å². The van der Waals surface area contributed by atoms with E-state index in [4.69, 9.17) is 11.6 Å². The third kappa shape index (κ3) is 4.31. The normalized spacial score (nSPS) is 17.3. The topological polar surface area (TPSA) is 58.4 Å². The van der Waals surface area contributed by atoms with Crippen molar-refractivity contribution in [1.29, 1.82) is 0 Å². The molecule has 2 aliphatic rings. The van der Waals surface area contributed by atoms with Gasteiger partial charge in [-0.15, -0.1) is 5.10 Å². The fraction of sp³-hybridized carbons (Fsp3) is 0.296. The molecule has 2 heterocycles. The lowest BCUT2D eigenvalue weighted by Gasteiger charge is -2.43. The second kappa shape index (κ2) is 8.85. The zero-order valence-electron chi connectivity index (χ0n) is 20.7. The third-order valence-corrected chi connectivity index (χ3v) is 9.39. The Morgan fingerprint density at radius 3 is 2.36 bits per heavy atom. The number of aromatic nitrogens is 2. The smallest absolute Gasteiger partial charge is 0.283 e. The van der Waals surface area contributed by atoms with E-state index in [9.17, 15) is 26.0 Å². The molecule has 1 saturated carbocycles. The van der Waals surface area contributed by atoms with Gasteiger partial charge in [-0.2, -0.15) is 12.5 Å². The van der Waals surface area contributed by atoms with Gasteiger partial charge in [0.2, 0.25) is 0 Å². The minimum atomic E-state index is -4.26. The van der Waals surface area contributed by atoms with E-state index in [1.165, 1.54) is 12.1 Å². The van der Waals surface area contributed by atoms with E-state index < -0.39 is 33.1 Å². The van der Waals surface area contributed by atoms with E-state index in [2.05, 4.69) is 5.10 Å². The molecule has 0 N–H and O–H groups in total. The van der Waals surface area contributed by atoms with E-state index in [1.54, 1.807) is 18.2 Å². The minimum Gasteiger partial charge on any atom is -0.365 e. The highest BCUT2D eigenvalue weighted by atomic mass is 35.5. The number of benzene rings is 3. The van der Waals surface area contributed by atoms with Crippen LogP contribution in [-0.4, -0.2) is 42.8 Å². The Morgan fingerprint density at radius 1 is 1.00 bits per heavy atom. The first-order valence-electron chi connectivity index (χ1n) is 12.3. The summed E-state index contributed by atoms with van der Waals surface area (Å²) in [7, 11) is -4.26. The van der Waals surface area contributed by atoms with Gasteiger partial charge >= 0.3 is 0 Å². The lowest BCUT2D eigenvalue weighted by atomic mass is 10.1. The highest BCUT2D eigenvalue weighted by molar-refractivity contribution is 7.90. The van der Waals surface area contributed by atoms with E-state index in [-0.39, 0.29) is 16.0 Å². The number of alkyl halides is 2. The van der Waals surface area contributed by atoms with Crippen LogP contribution in [0.3, 0.4) is 0 Å². The van der Waals surface area contributed by atoms with Crippen molar-refractivity contribution in [2.24, 2.45) is 0 Å². The van der Waals surface area contributed by atoms with Gasteiger partial charge in [-0.1, -0.05) is 29.8 Å². The van der Waals surface area contributed by atoms with Crippen LogP contribution in [0.25, 0.3) is 10.9 Å². The van der Waals surface area contributed by atoms with Crippen molar-refractivity contribution in [3.8, 4) is 0 Å². The molecule has 1 aliphatic heterocycles. The van der Waals surface area contributed by atoms with Crippen molar-refractivity contribution < 1.29 is 26.0 Å². The van der Waals surface area contributed by atoms with E-state index in [0.717, 1.165) is 54.2 Å². The Morgan fingerprint density at radius 2 is 1.72 bits per heavy atom. The van der Waals surface area contributed by atoms with Crippen LogP contribution in [0.2, 0.25) is 5.02 Å². The first-order chi connectivity index (χ1) is 18.4. The van der Waals surface area contributed by atoms with Gasteiger partial charge in [0.1, 0.15) is 11.6 Å². The molecule has 0 radical (unpaired) electrons. The lowest BCUT2D eigenvalue weighted by Crippen LogP contribution is -2.55. The number of halogens is 5. The van der Waals surface area contributed by atoms with Crippen LogP contribution in [0.15, 0.2) is 65.6 Å². The largest absolute Gasteiger partial charge is 0.365 e. The van der Waals surface area contributed by atoms with Crippen molar-refractivity contribution in [2.75, 3.05) is 29.4 Å². The lowest BCUT2D eigenvalue weighted by molar-refractivity contribution is 0.0174. The van der Waals surface area contributed by atoms with Crippen LogP contribution in [0.4, 0.5) is 29.1 Å². The fourth-order valence-corrected chi connectivity index (χ4v) is 6.83. The van der Waals surface area contributed by atoms with Gasteiger partial charge in [0.25, 0.3) is 15.9 Å². The second-order valence-corrected chi connectivity index (χ2v) is 12.3. The maximum Gasteiger partial charge on any atom is 0.283 e. The quantitative estimate of drug-likeness (QED) is 0.265. The van der Waals surface area contributed by atoms with Crippen LogP contribution in [0.1, 0.15) is 25.3 Å². The third-order valence-electron chi connectivity index (χ3n) is 7.48. The monoisotopic (exact) mass is 578 g/mol. The summed E-state index contributed by atoms with van der Waals surface area (Å²) in [5.74, 6) is -4.02. The van der Waals surface area contributed by atoms with Crippen LogP contribution in [0, 0.1) is 11.6 Å². The molecule has 0 amide bonds. The van der Waals surface area contributed by atoms with Gasteiger partial charge in [0, 0.05) is 38.2 Å². The number of anilines is 2. The van der Waals surface area contributed by atoms with Crippen LogP contribution < -0.4 is 9.80 Å². The Kier molecular flexibility index (Phi) is 5.89. The summed E-state index contributed by atoms with van der Waals surface area (Å²) in [6.45, 7) is 1.97. The summed E-state index contributed by atoms with van der Waals surface area (Å²) in [6.07, 6.45) is 1.54. The highest BCUT2D eigenvalue weighted by Crippen LogP contribution is 2.49. The first-order valence-corrected chi connectivity index (χ1v) is 14.1. The molecule has 1 aromatic heterocycles. The molecule has 6 rings (SSSR count). The predicted molar refractivity (Wildman–Crippen MR) is 141 cm³/mol. The maximum atomic E-state index is 14.5. The SMILES string of the molecule is CC(F)(F)c1ccc(S(=O)(=O)n2nc(N3CCN(c4ccc(F)cc4F)CC34CC4)c3c(Cl)cccc32)cc1. The summed E-state index contributed by atoms with van der Waals surface area (Å²) in [5, 5.41) is 5.30. The van der Waals surface area contributed by atoms with Crippen LogP contribution in [0.5, 0.6) is 0 Å². The van der Waals surface area contributed by atoms with Gasteiger partial charge in [-0.25, -0.2) is 17.6 Å². The molecule has 3 aromatic carbocycles. The number of rotatable bonds is 5. The van der Waals surface area contributed by atoms with Crippen LogP contribution >= 0.6 is 11.6 Å². The highest BCUT2D eigenvalue weighted by Gasteiger charge is 2.53. The second-order valence-electron chi connectivity index (χ2n) is 10.1. The molecule has 0 atom stereocenters.